The Labute approximate surface area is 184 Å². The molecule has 31 heavy (non-hydrogen) atoms. The summed E-state index contributed by atoms with van der Waals surface area (Å²) in [5.74, 6) is -0.772. The largest absolute Gasteiger partial charge is 0.343 e. The highest BCUT2D eigenvalue weighted by molar-refractivity contribution is 5.97. The van der Waals surface area contributed by atoms with Crippen LogP contribution < -0.4 is 10.6 Å². The number of carbonyl (C=O) groups is 3. The molecular formula is C25H31N3O3. The van der Waals surface area contributed by atoms with Gasteiger partial charge in [-0.3, -0.25) is 14.4 Å². The first-order valence-corrected chi connectivity index (χ1v) is 10.8. The monoisotopic (exact) mass is 421 g/mol. The number of amides is 3. The molecule has 1 fully saturated rings. The van der Waals surface area contributed by atoms with Gasteiger partial charge in [-0.2, -0.15) is 0 Å². The van der Waals surface area contributed by atoms with Crippen LogP contribution in [-0.4, -0.2) is 42.3 Å². The summed E-state index contributed by atoms with van der Waals surface area (Å²) in [5, 5.41) is 5.62. The minimum absolute atomic E-state index is 0.0164. The van der Waals surface area contributed by atoms with Crippen molar-refractivity contribution in [3.63, 3.8) is 0 Å². The number of hydrogen-bond donors (Lipinski definition) is 2. The first-order valence-electron chi connectivity index (χ1n) is 10.8. The van der Waals surface area contributed by atoms with Gasteiger partial charge in [0.2, 0.25) is 11.8 Å². The fraction of sp³-hybridized carbons (Fsp3) is 0.400. The van der Waals surface area contributed by atoms with E-state index in [-0.39, 0.29) is 35.6 Å². The van der Waals surface area contributed by atoms with Gasteiger partial charge in [-0.05, 0) is 48.1 Å². The van der Waals surface area contributed by atoms with Gasteiger partial charge in [-0.1, -0.05) is 51.1 Å². The van der Waals surface area contributed by atoms with Crippen LogP contribution in [0.15, 0.2) is 54.6 Å². The summed E-state index contributed by atoms with van der Waals surface area (Å²) >= 11 is 0. The molecule has 1 saturated heterocycles. The van der Waals surface area contributed by atoms with Crippen LogP contribution in [0.4, 0.5) is 5.69 Å². The van der Waals surface area contributed by atoms with Crippen molar-refractivity contribution >= 4 is 23.4 Å². The first-order chi connectivity index (χ1) is 14.7. The molecule has 1 aliphatic heterocycles. The Bertz CT molecular complexity index is 917. The number of piperidine rings is 1. The maximum absolute atomic E-state index is 12.6. The van der Waals surface area contributed by atoms with E-state index in [1.54, 1.807) is 17.0 Å². The molecule has 1 atom stereocenters. The third-order valence-electron chi connectivity index (χ3n) is 5.60. The molecule has 2 aromatic carbocycles. The van der Waals surface area contributed by atoms with E-state index in [1.165, 1.54) is 0 Å². The zero-order chi connectivity index (χ0) is 22.4. The van der Waals surface area contributed by atoms with Gasteiger partial charge in [0.05, 0.1) is 12.5 Å². The van der Waals surface area contributed by atoms with Gasteiger partial charge in [0.15, 0.2) is 0 Å². The van der Waals surface area contributed by atoms with Crippen molar-refractivity contribution in [3.8, 4) is 0 Å². The summed E-state index contributed by atoms with van der Waals surface area (Å²) in [5.41, 5.74) is 2.44. The molecule has 2 aromatic rings. The Morgan fingerprint density at radius 1 is 1.00 bits per heavy atom. The SMILES string of the molecule is CC(C)(C)c1ccc(C(=O)NCC(=O)N2CCCC(C(=O)Nc3ccccc3)C2)cc1. The van der Waals surface area contributed by atoms with Crippen LogP contribution in [0.2, 0.25) is 0 Å². The maximum Gasteiger partial charge on any atom is 0.251 e. The third kappa shape index (κ3) is 6.17. The first kappa shape index (κ1) is 22.5. The van der Waals surface area contributed by atoms with Crippen LogP contribution in [0.25, 0.3) is 0 Å². The second-order valence-corrected chi connectivity index (χ2v) is 9.04. The molecule has 3 rings (SSSR count). The molecule has 0 aliphatic carbocycles. The molecule has 1 heterocycles. The molecule has 0 bridgehead atoms. The molecule has 0 aromatic heterocycles. The Hall–Kier alpha value is -3.15. The molecule has 1 unspecified atom stereocenters. The second kappa shape index (κ2) is 9.77. The average Bonchev–Trinajstić information content (AvgIpc) is 2.77. The summed E-state index contributed by atoms with van der Waals surface area (Å²) in [7, 11) is 0. The van der Waals surface area contributed by atoms with Crippen LogP contribution in [0.3, 0.4) is 0 Å². The molecule has 164 valence electrons. The summed E-state index contributed by atoms with van der Waals surface area (Å²) < 4.78 is 0. The number of benzene rings is 2. The van der Waals surface area contributed by atoms with Crippen LogP contribution in [-0.2, 0) is 15.0 Å². The minimum atomic E-state index is -0.274. The van der Waals surface area contributed by atoms with Gasteiger partial charge in [0.1, 0.15) is 0 Å². The van der Waals surface area contributed by atoms with E-state index in [2.05, 4.69) is 31.4 Å². The van der Waals surface area contributed by atoms with Gasteiger partial charge in [-0.25, -0.2) is 0 Å². The van der Waals surface area contributed by atoms with Gasteiger partial charge >= 0.3 is 0 Å². The van der Waals surface area contributed by atoms with Crippen molar-refractivity contribution in [1.29, 1.82) is 0 Å². The van der Waals surface area contributed by atoms with Gasteiger partial charge in [0.25, 0.3) is 5.91 Å². The number of rotatable bonds is 5. The molecular weight excluding hydrogens is 390 g/mol. The molecule has 0 radical (unpaired) electrons. The normalized spacial score (nSPS) is 16.5. The van der Waals surface area contributed by atoms with Gasteiger partial charge in [0, 0.05) is 24.3 Å². The van der Waals surface area contributed by atoms with E-state index >= 15 is 0 Å². The van der Waals surface area contributed by atoms with Gasteiger partial charge in [-0.15, -0.1) is 0 Å². The molecule has 2 N–H and O–H groups in total. The van der Waals surface area contributed by atoms with Crippen molar-refractivity contribution in [2.24, 2.45) is 5.92 Å². The summed E-state index contributed by atoms with van der Waals surface area (Å²) in [4.78, 5) is 39.3. The lowest BCUT2D eigenvalue weighted by molar-refractivity contribution is -0.133. The van der Waals surface area contributed by atoms with E-state index < -0.39 is 0 Å². The highest BCUT2D eigenvalue weighted by Crippen LogP contribution is 2.22. The maximum atomic E-state index is 12.6. The quantitative estimate of drug-likeness (QED) is 0.774. The molecule has 0 spiro atoms. The number of nitrogens with one attached hydrogen (secondary N) is 2. The number of hydrogen-bond acceptors (Lipinski definition) is 3. The molecule has 6 heteroatoms. The smallest absolute Gasteiger partial charge is 0.251 e. The summed E-state index contributed by atoms with van der Waals surface area (Å²) in [6.07, 6.45) is 1.51. The topological polar surface area (TPSA) is 78.5 Å². The van der Waals surface area contributed by atoms with Crippen LogP contribution in [0, 0.1) is 5.92 Å². The zero-order valence-corrected chi connectivity index (χ0v) is 18.5. The number of carbonyl (C=O) groups excluding carboxylic acids is 3. The highest BCUT2D eigenvalue weighted by Gasteiger charge is 2.28. The van der Waals surface area contributed by atoms with Gasteiger partial charge < -0.3 is 15.5 Å². The number of nitrogens with zero attached hydrogens (tertiary/aromatic N) is 1. The lowest BCUT2D eigenvalue weighted by Gasteiger charge is -2.32. The van der Waals surface area contributed by atoms with Crippen molar-refractivity contribution in [2.75, 3.05) is 25.0 Å². The van der Waals surface area contributed by atoms with E-state index in [9.17, 15) is 14.4 Å². The zero-order valence-electron chi connectivity index (χ0n) is 18.5. The Balaban J connectivity index is 1.50. The van der Waals surface area contributed by atoms with Crippen molar-refractivity contribution < 1.29 is 14.4 Å². The second-order valence-electron chi connectivity index (χ2n) is 9.04. The Kier molecular flexibility index (Phi) is 7.10. The molecule has 6 nitrogen and oxygen atoms in total. The average molecular weight is 422 g/mol. The fourth-order valence-electron chi connectivity index (χ4n) is 3.67. The van der Waals surface area contributed by atoms with Crippen molar-refractivity contribution in [3.05, 3.63) is 65.7 Å². The molecule has 0 saturated carbocycles. The van der Waals surface area contributed by atoms with Crippen molar-refractivity contribution in [1.82, 2.24) is 10.2 Å². The standard InChI is InChI=1S/C25H31N3O3/c1-25(2,3)20-13-11-18(12-14-20)23(30)26-16-22(29)28-15-7-8-19(17-28)24(31)27-21-9-5-4-6-10-21/h4-6,9-14,19H,7-8,15-17H2,1-3H3,(H,26,30)(H,27,31). The summed E-state index contributed by atoms with van der Waals surface area (Å²) in [6.45, 7) is 7.25. The van der Waals surface area contributed by atoms with E-state index in [1.807, 2.05) is 42.5 Å². The fourth-order valence-corrected chi connectivity index (χ4v) is 3.67. The summed E-state index contributed by atoms with van der Waals surface area (Å²) in [6, 6.07) is 16.8. The Morgan fingerprint density at radius 2 is 1.68 bits per heavy atom. The van der Waals surface area contributed by atoms with E-state index in [4.69, 9.17) is 0 Å². The Morgan fingerprint density at radius 3 is 2.32 bits per heavy atom. The molecule has 3 amide bonds. The number of likely N-dealkylation sites (tertiary alicyclic amines) is 1. The van der Waals surface area contributed by atoms with Crippen LogP contribution in [0.1, 0.15) is 49.5 Å². The third-order valence-corrected chi connectivity index (χ3v) is 5.60. The highest BCUT2D eigenvalue weighted by atomic mass is 16.2. The predicted octanol–water partition coefficient (Wildman–Crippen LogP) is 3.59. The predicted molar refractivity (Wildman–Crippen MR) is 122 cm³/mol. The van der Waals surface area contributed by atoms with E-state index in [0.29, 0.717) is 18.7 Å². The minimum Gasteiger partial charge on any atom is -0.343 e. The lowest BCUT2D eigenvalue weighted by atomic mass is 9.87. The number of anilines is 1. The number of para-hydroxylation sites is 1. The van der Waals surface area contributed by atoms with E-state index in [0.717, 1.165) is 24.1 Å². The lowest BCUT2D eigenvalue weighted by Crippen LogP contribution is -2.47. The van der Waals surface area contributed by atoms with Crippen LogP contribution >= 0.6 is 0 Å². The van der Waals surface area contributed by atoms with Crippen LogP contribution in [0.5, 0.6) is 0 Å². The molecule has 1 aliphatic rings. The van der Waals surface area contributed by atoms with Crippen molar-refractivity contribution in [2.45, 2.75) is 39.0 Å².